The number of anilines is 1. The van der Waals surface area contributed by atoms with Crippen LogP contribution >= 0.6 is 11.6 Å². The first-order valence-electron chi connectivity index (χ1n) is 6.25. The van der Waals surface area contributed by atoms with Gasteiger partial charge in [0.15, 0.2) is 5.82 Å². The predicted octanol–water partition coefficient (Wildman–Crippen LogP) is 2.86. The molecule has 2 N–H and O–H groups in total. The fraction of sp³-hybridized carbons (Fsp3) is 0.143. The van der Waals surface area contributed by atoms with Gasteiger partial charge in [-0.05, 0) is 12.1 Å². The van der Waals surface area contributed by atoms with E-state index in [9.17, 15) is 4.39 Å². The number of nitrogens with two attached hydrogens (primary N) is 1. The second-order valence-corrected chi connectivity index (χ2v) is 5.10. The third-order valence-corrected chi connectivity index (χ3v) is 3.65. The standard InChI is InChI=1S/C14H13ClFN5/c1-20-7-6-18-14(20)12-11(13(17)21(2)19-12)10-8(15)4-3-5-9(10)16/h3-7H,17H2,1-2H3. The van der Waals surface area contributed by atoms with Crippen LogP contribution in [0.4, 0.5) is 10.2 Å². The fourth-order valence-electron chi connectivity index (χ4n) is 2.27. The normalized spacial score (nSPS) is 11.0. The Morgan fingerprint density at radius 1 is 1.24 bits per heavy atom. The Labute approximate surface area is 125 Å². The van der Waals surface area contributed by atoms with E-state index in [1.165, 1.54) is 10.7 Å². The zero-order valence-corrected chi connectivity index (χ0v) is 12.3. The van der Waals surface area contributed by atoms with E-state index < -0.39 is 5.82 Å². The van der Waals surface area contributed by atoms with Crippen LogP contribution in [0.3, 0.4) is 0 Å². The molecule has 0 aliphatic heterocycles. The fourth-order valence-corrected chi connectivity index (χ4v) is 2.53. The second kappa shape index (κ2) is 4.89. The van der Waals surface area contributed by atoms with Crippen LogP contribution in [0, 0.1) is 5.82 Å². The van der Waals surface area contributed by atoms with E-state index in [0.717, 1.165) is 0 Å². The molecule has 0 saturated heterocycles. The van der Waals surface area contributed by atoms with Crippen LogP contribution in [-0.4, -0.2) is 19.3 Å². The van der Waals surface area contributed by atoms with Gasteiger partial charge in [0.2, 0.25) is 0 Å². The van der Waals surface area contributed by atoms with Crippen molar-refractivity contribution in [2.75, 3.05) is 5.73 Å². The van der Waals surface area contributed by atoms with Crippen molar-refractivity contribution in [3.05, 3.63) is 41.4 Å². The van der Waals surface area contributed by atoms with Gasteiger partial charge in [0.1, 0.15) is 17.3 Å². The van der Waals surface area contributed by atoms with Gasteiger partial charge in [0.25, 0.3) is 0 Å². The highest BCUT2D eigenvalue weighted by Crippen LogP contribution is 2.40. The Kier molecular flexibility index (Phi) is 3.17. The summed E-state index contributed by atoms with van der Waals surface area (Å²) in [4.78, 5) is 4.25. The van der Waals surface area contributed by atoms with Gasteiger partial charge in [0.05, 0.1) is 10.6 Å². The summed E-state index contributed by atoms with van der Waals surface area (Å²) in [5.74, 6) is 0.481. The number of nitrogens with zero attached hydrogens (tertiary/aromatic N) is 4. The summed E-state index contributed by atoms with van der Waals surface area (Å²) >= 11 is 6.16. The molecule has 0 aliphatic rings. The molecule has 2 aromatic heterocycles. The van der Waals surface area contributed by atoms with Crippen molar-refractivity contribution in [3.8, 4) is 22.6 Å². The van der Waals surface area contributed by atoms with Crippen LogP contribution < -0.4 is 5.73 Å². The molecule has 0 radical (unpaired) electrons. The first-order chi connectivity index (χ1) is 10.0. The Morgan fingerprint density at radius 3 is 2.62 bits per heavy atom. The van der Waals surface area contributed by atoms with Crippen molar-refractivity contribution in [1.82, 2.24) is 19.3 Å². The molecule has 0 aliphatic carbocycles. The van der Waals surface area contributed by atoms with E-state index in [-0.39, 0.29) is 10.6 Å². The third-order valence-electron chi connectivity index (χ3n) is 3.34. The van der Waals surface area contributed by atoms with E-state index in [1.54, 1.807) is 36.1 Å². The Balaban J connectivity index is 2.36. The molecule has 0 spiro atoms. The molecule has 0 bridgehead atoms. The molecule has 3 rings (SSSR count). The maximum absolute atomic E-state index is 14.2. The lowest BCUT2D eigenvalue weighted by atomic mass is 10.0. The molecule has 0 atom stereocenters. The minimum atomic E-state index is -0.447. The summed E-state index contributed by atoms with van der Waals surface area (Å²) in [6, 6.07) is 4.51. The van der Waals surface area contributed by atoms with Gasteiger partial charge < -0.3 is 10.3 Å². The van der Waals surface area contributed by atoms with Crippen molar-refractivity contribution >= 4 is 17.4 Å². The number of nitrogen functional groups attached to an aromatic ring is 1. The highest BCUT2D eigenvalue weighted by molar-refractivity contribution is 6.33. The zero-order chi connectivity index (χ0) is 15.1. The monoisotopic (exact) mass is 305 g/mol. The average Bonchev–Trinajstić information content (AvgIpc) is 2.96. The number of benzene rings is 1. The van der Waals surface area contributed by atoms with Gasteiger partial charge in [0, 0.05) is 32.1 Å². The Bertz CT molecular complexity index is 801. The number of aromatic nitrogens is 4. The van der Waals surface area contributed by atoms with Crippen LogP contribution in [0.1, 0.15) is 0 Å². The maximum atomic E-state index is 14.2. The molecule has 108 valence electrons. The van der Waals surface area contributed by atoms with E-state index in [4.69, 9.17) is 17.3 Å². The topological polar surface area (TPSA) is 61.7 Å². The highest BCUT2D eigenvalue weighted by Gasteiger charge is 2.24. The molecule has 3 aromatic rings. The molecule has 5 nitrogen and oxygen atoms in total. The van der Waals surface area contributed by atoms with Crippen LogP contribution in [0.25, 0.3) is 22.6 Å². The summed E-state index contributed by atoms with van der Waals surface area (Å²) in [5, 5.41) is 4.64. The van der Waals surface area contributed by atoms with Gasteiger partial charge in [-0.1, -0.05) is 17.7 Å². The van der Waals surface area contributed by atoms with Crippen LogP contribution in [0.5, 0.6) is 0 Å². The minimum absolute atomic E-state index is 0.239. The zero-order valence-electron chi connectivity index (χ0n) is 11.5. The molecule has 0 saturated carbocycles. The van der Waals surface area contributed by atoms with Crippen molar-refractivity contribution < 1.29 is 4.39 Å². The van der Waals surface area contributed by atoms with Gasteiger partial charge in [-0.25, -0.2) is 9.37 Å². The van der Waals surface area contributed by atoms with Crippen LogP contribution in [-0.2, 0) is 14.1 Å². The van der Waals surface area contributed by atoms with Crippen LogP contribution in [0.2, 0.25) is 5.02 Å². The molecule has 21 heavy (non-hydrogen) atoms. The van der Waals surface area contributed by atoms with Gasteiger partial charge in [-0.2, -0.15) is 5.10 Å². The molecular formula is C14H13ClFN5. The molecule has 2 heterocycles. The summed E-state index contributed by atoms with van der Waals surface area (Å²) in [6.07, 6.45) is 3.43. The Hall–Kier alpha value is -2.34. The number of hydrogen-bond donors (Lipinski definition) is 1. The van der Waals surface area contributed by atoms with E-state index >= 15 is 0 Å². The SMILES string of the molecule is Cn1ccnc1-c1nn(C)c(N)c1-c1c(F)cccc1Cl. The summed E-state index contributed by atoms with van der Waals surface area (Å²) < 4.78 is 17.5. The average molecular weight is 306 g/mol. The summed E-state index contributed by atoms with van der Waals surface area (Å²) in [6.45, 7) is 0. The van der Waals surface area contributed by atoms with Gasteiger partial charge in [-0.15, -0.1) is 0 Å². The van der Waals surface area contributed by atoms with Crippen molar-refractivity contribution in [3.63, 3.8) is 0 Å². The van der Waals surface area contributed by atoms with Gasteiger partial charge >= 0.3 is 0 Å². The molecule has 0 unspecified atom stereocenters. The summed E-state index contributed by atoms with van der Waals surface area (Å²) in [5.41, 5.74) is 7.25. The van der Waals surface area contributed by atoms with Crippen molar-refractivity contribution in [2.24, 2.45) is 14.1 Å². The first kappa shape index (κ1) is 13.6. The highest BCUT2D eigenvalue weighted by atomic mass is 35.5. The number of hydrogen-bond acceptors (Lipinski definition) is 3. The number of aryl methyl sites for hydroxylation is 2. The second-order valence-electron chi connectivity index (χ2n) is 4.69. The molecule has 1 aromatic carbocycles. The lowest BCUT2D eigenvalue weighted by molar-refractivity contribution is 0.631. The molecular weight excluding hydrogens is 293 g/mol. The third kappa shape index (κ3) is 2.08. The van der Waals surface area contributed by atoms with Crippen molar-refractivity contribution in [2.45, 2.75) is 0 Å². The smallest absolute Gasteiger partial charge is 0.161 e. The predicted molar refractivity (Wildman–Crippen MR) is 80.2 cm³/mol. The van der Waals surface area contributed by atoms with Crippen LogP contribution in [0.15, 0.2) is 30.6 Å². The van der Waals surface area contributed by atoms with Gasteiger partial charge in [-0.3, -0.25) is 4.68 Å². The number of rotatable bonds is 2. The minimum Gasteiger partial charge on any atom is -0.383 e. The molecule has 0 fully saturated rings. The lowest BCUT2D eigenvalue weighted by Crippen LogP contribution is -1.98. The van der Waals surface area contributed by atoms with E-state index in [0.29, 0.717) is 22.9 Å². The maximum Gasteiger partial charge on any atom is 0.161 e. The molecule has 0 amide bonds. The summed E-state index contributed by atoms with van der Waals surface area (Å²) in [7, 11) is 3.53. The number of halogens is 2. The lowest BCUT2D eigenvalue weighted by Gasteiger charge is -2.07. The Morgan fingerprint density at radius 2 is 2.00 bits per heavy atom. The molecule has 7 heteroatoms. The quantitative estimate of drug-likeness (QED) is 0.792. The van der Waals surface area contributed by atoms with E-state index in [1.807, 2.05) is 7.05 Å². The first-order valence-corrected chi connectivity index (χ1v) is 6.63. The largest absolute Gasteiger partial charge is 0.383 e. The van der Waals surface area contributed by atoms with Crippen molar-refractivity contribution in [1.29, 1.82) is 0 Å². The van der Waals surface area contributed by atoms with E-state index in [2.05, 4.69) is 10.1 Å². The number of imidazole rings is 1.